The molecule has 0 unspecified atom stereocenters. The lowest BCUT2D eigenvalue weighted by atomic mass is 10.0. The van der Waals surface area contributed by atoms with Crippen LogP contribution in [0.25, 0.3) is 4.91 Å². The first-order valence-electron chi connectivity index (χ1n) is 8.15. The van der Waals surface area contributed by atoms with E-state index in [1.165, 1.54) is 28.2 Å². The number of sulfonamides is 1. The molecule has 4 rings (SSSR count). The van der Waals surface area contributed by atoms with Gasteiger partial charge in [-0.25, -0.2) is 12.8 Å². The second kappa shape index (κ2) is 6.54. The third-order valence-electron chi connectivity index (χ3n) is 4.46. The molecule has 2 heterocycles. The Kier molecular flexibility index (Phi) is 4.32. The van der Waals surface area contributed by atoms with E-state index in [1.807, 2.05) is 12.1 Å². The van der Waals surface area contributed by atoms with Crippen molar-refractivity contribution in [3.63, 3.8) is 0 Å². The number of nitrogens with zero attached hydrogens (tertiary/aromatic N) is 1. The molecule has 0 aromatic heterocycles. The number of allylic oxidation sites excluding steroid dienone is 1. The second-order valence-corrected chi connectivity index (χ2v) is 9.07. The molecule has 2 aromatic rings. The van der Waals surface area contributed by atoms with Gasteiger partial charge in [0.05, 0.1) is 22.0 Å². The number of hydrogen-bond donors (Lipinski definition) is 1. The van der Waals surface area contributed by atoms with Crippen LogP contribution in [0.4, 0.5) is 10.1 Å². The quantitative estimate of drug-likeness (QED) is 0.855. The molecule has 0 saturated carbocycles. The van der Waals surface area contributed by atoms with Gasteiger partial charge in [-0.05, 0) is 42.3 Å². The largest absolute Gasteiger partial charge is 0.365 e. The molecule has 0 saturated heterocycles. The second-order valence-electron chi connectivity index (χ2n) is 6.15. The minimum absolute atomic E-state index is 0.0274. The zero-order valence-electron chi connectivity index (χ0n) is 14.1. The molecule has 0 spiro atoms. The molecule has 27 heavy (non-hydrogen) atoms. The molecular weight excluding hydrogens is 387 g/mol. The summed E-state index contributed by atoms with van der Waals surface area (Å²) in [6, 6.07) is 11.9. The number of amides is 1. The minimum atomic E-state index is -3.86. The molecule has 0 aliphatic carbocycles. The summed E-state index contributed by atoms with van der Waals surface area (Å²) in [5, 5.41) is 0. The van der Waals surface area contributed by atoms with Crippen LogP contribution in [-0.4, -0.2) is 20.9 Å². The van der Waals surface area contributed by atoms with Crippen molar-refractivity contribution in [1.82, 2.24) is 0 Å². The van der Waals surface area contributed by atoms with E-state index in [-0.39, 0.29) is 11.4 Å². The number of carbonyl (C=O) groups is 1. The third kappa shape index (κ3) is 3.04. The lowest BCUT2D eigenvalue weighted by Crippen LogP contribution is -2.36. The average molecular weight is 402 g/mol. The van der Waals surface area contributed by atoms with Gasteiger partial charge in [0.15, 0.2) is 0 Å². The Labute approximate surface area is 160 Å². The van der Waals surface area contributed by atoms with E-state index in [0.717, 1.165) is 28.2 Å². The first-order chi connectivity index (χ1) is 12.9. The maximum absolute atomic E-state index is 13.2. The first-order valence-corrected chi connectivity index (χ1v) is 10.4. The minimum Gasteiger partial charge on any atom is -0.365 e. The Hall–Kier alpha value is -2.58. The van der Waals surface area contributed by atoms with E-state index >= 15 is 0 Å². The highest BCUT2D eigenvalue weighted by atomic mass is 32.2. The summed E-state index contributed by atoms with van der Waals surface area (Å²) < 4.78 is 40.9. The van der Waals surface area contributed by atoms with E-state index in [2.05, 4.69) is 0 Å². The smallest absolute Gasteiger partial charge is 0.264 e. The number of rotatable bonds is 3. The van der Waals surface area contributed by atoms with E-state index in [1.54, 1.807) is 18.2 Å². The summed E-state index contributed by atoms with van der Waals surface area (Å²) in [6.07, 6.45) is 2.17. The van der Waals surface area contributed by atoms with Crippen LogP contribution >= 0.6 is 11.8 Å². The van der Waals surface area contributed by atoms with Gasteiger partial charge in [0.25, 0.3) is 15.9 Å². The van der Waals surface area contributed by atoms with Crippen LogP contribution in [0.1, 0.15) is 12.0 Å². The Morgan fingerprint density at radius 2 is 1.81 bits per heavy atom. The van der Waals surface area contributed by atoms with Crippen molar-refractivity contribution < 1.29 is 17.6 Å². The molecule has 2 N–H and O–H groups in total. The molecule has 2 aromatic carbocycles. The fraction of sp³-hybridized carbons (Fsp3) is 0.105. The summed E-state index contributed by atoms with van der Waals surface area (Å²) >= 11 is 1.27. The van der Waals surface area contributed by atoms with Gasteiger partial charge in [0.1, 0.15) is 5.82 Å². The molecule has 0 atom stereocenters. The highest BCUT2D eigenvalue weighted by Gasteiger charge is 2.34. The van der Waals surface area contributed by atoms with Gasteiger partial charge in [-0.15, -0.1) is 0 Å². The van der Waals surface area contributed by atoms with Gasteiger partial charge in [0.2, 0.25) is 0 Å². The number of para-hydroxylation sites is 1. The van der Waals surface area contributed by atoms with Crippen molar-refractivity contribution in [3.05, 3.63) is 76.5 Å². The number of halogens is 1. The Morgan fingerprint density at radius 3 is 2.52 bits per heavy atom. The third-order valence-corrected chi connectivity index (χ3v) is 7.54. The van der Waals surface area contributed by atoms with Crippen molar-refractivity contribution in [2.45, 2.75) is 11.3 Å². The molecule has 1 amide bonds. The van der Waals surface area contributed by atoms with E-state index in [4.69, 9.17) is 5.73 Å². The van der Waals surface area contributed by atoms with Crippen LogP contribution in [0.5, 0.6) is 0 Å². The molecule has 0 radical (unpaired) electrons. The first kappa shape index (κ1) is 17.8. The molecule has 8 heteroatoms. The number of anilines is 1. The lowest BCUT2D eigenvalue weighted by molar-refractivity contribution is -0.113. The Balaban J connectivity index is 1.80. The number of nitrogens with two attached hydrogens (primary N) is 1. The summed E-state index contributed by atoms with van der Waals surface area (Å²) in [4.78, 5) is 12.9. The summed E-state index contributed by atoms with van der Waals surface area (Å²) in [5.41, 5.74) is 7.57. The van der Waals surface area contributed by atoms with Gasteiger partial charge in [-0.2, -0.15) is 0 Å². The number of benzene rings is 2. The van der Waals surface area contributed by atoms with Crippen molar-refractivity contribution in [2.75, 3.05) is 10.8 Å². The standard InChI is InChI=1S/C19H15FN2O3S2/c20-13-6-8-14(9-7-13)27(24,25)22-11-12-5-10-17(19(21)23)26-18(12)15-3-1-2-4-16(15)22/h1-4,6-10H,5,11H2,(H2,21,23). The number of primary amides is 1. The topological polar surface area (TPSA) is 80.5 Å². The zero-order chi connectivity index (χ0) is 19.2. The molecule has 138 valence electrons. The normalized spacial score (nSPS) is 16.5. The zero-order valence-corrected chi connectivity index (χ0v) is 15.7. The highest BCUT2D eigenvalue weighted by molar-refractivity contribution is 8.12. The summed E-state index contributed by atoms with van der Waals surface area (Å²) in [7, 11) is -3.86. The van der Waals surface area contributed by atoms with Gasteiger partial charge in [-0.1, -0.05) is 36.0 Å². The Bertz CT molecular complexity index is 1110. The Morgan fingerprint density at radius 1 is 1.11 bits per heavy atom. The summed E-state index contributed by atoms with van der Waals surface area (Å²) in [5.74, 6) is -0.990. The molecule has 5 nitrogen and oxygen atoms in total. The molecule has 0 bridgehead atoms. The fourth-order valence-electron chi connectivity index (χ4n) is 3.15. The predicted molar refractivity (Wildman–Crippen MR) is 104 cm³/mol. The van der Waals surface area contributed by atoms with Crippen LogP contribution in [0, 0.1) is 5.82 Å². The lowest BCUT2D eigenvalue weighted by Gasteiger charge is -2.34. The number of thioether (sulfide) groups is 1. The van der Waals surface area contributed by atoms with Crippen LogP contribution in [-0.2, 0) is 14.8 Å². The average Bonchev–Trinajstić information content (AvgIpc) is 2.67. The summed E-state index contributed by atoms with van der Waals surface area (Å²) in [6.45, 7) is 0.168. The van der Waals surface area contributed by atoms with E-state index < -0.39 is 21.7 Å². The molecular formula is C19H15FN2O3S2. The van der Waals surface area contributed by atoms with Crippen LogP contribution in [0.15, 0.2) is 70.0 Å². The van der Waals surface area contributed by atoms with Crippen molar-refractivity contribution in [1.29, 1.82) is 0 Å². The number of carbonyl (C=O) groups excluding carboxylic acids is 1. The molecule has 0 fully saturated rings. The maximum atomic E-state index is 13.2. The van der Waals surface area contributed by atoms with Crippen molar-refractivity contribution in [3.8, 4) is 0 Å². The van der Waals surface area contributed by atoms with Crippen LogP contribution in [0.3, 0.4) is 0 Å². The number of fused-ring (bicyclic) bond motifs is 2. The van der Waals surface area contributed by atoms with Crippen molar-refractivity contribution >= 4 is 38.3 Å². The van der Waals surface area contributed by atoms with Crippen molar-refractivity contribution in [2.24, 2.45) is 5.73 Å². The fourth-order valence-corrected chi connectivity index (χ4v) is 5.70. The SMILES string of the molecule is NC(=O)C1=CCC2=C(S1)c1ccccc1N(S(=O)(=O)c1ccc(F)cc1)C2. The van der Waals surface area contributed by atoms with E-state index in [9.17, 15) is 17.6 Å². The van der Waals surface area contributed by atoms with Gasteiger partial charge >= 0.3 is 0 Å². The van der Waals surface area contributed by atoms with Gasteiger partial charge in [0, 0.05) is 10.5 Å². The van der Waals surface area contributed by atoms with Gasteiger partial charge in [-0.3, -0.25) is 9.10 Å². The van der Waals surface area contributed by atoms with Crippen LogP contribution < -0.4 is 10.0 Å². The maximum Gasteiger partial charge on any atom is 0.264 e. The van der Waals surface area contributed by atoms with Crippen LogP contribution in [0.2, 0.25) is 0 Å². The monoisotopic (exact) mass is 402 g/mol. The molecule has 2 aliphatic rings. The number of hydrogen-bond acceptors (Lipinski definition) is 4. The highest BCUT2D eigenvalue weighted by Crippen LogP contribution is 2.48. The molecule has 2 aliphatic heterocycles. The van der Waals surface area contributed by atoms with Gasteiger partial charge < -0.3 is 5.73 Å². The van der Waals surface area contributed by atoms with E-state index in [0.29, 0.717) is 17.0 Å². The predicted octanol–water partition coefficient (Wildman–Crippen LogP) is 3.25.